The fourth-order valence-corrected chi connectivity index (χ4v) is 3.47. The third kappa shape index (κ3) is 4.15. The molecular weight excluding hydrogens is 373 g/mol. The van der Waals surface area contributed by atoms with Crippen molar-refractivity contribution in [3.63, 3.8) is 0 Å². The lowest BCUT2D eigenvalue weighted by Gasteiger charge is -2.29. The van der Waals surface area contributed by atoms with Gasteiger partial charge in [-0.3, -0.25) is 0 Å². The van der Waals surface area contributed by atoms with Crippen molar-refractivity contribution in [1.82, 2.24) is 4.72 Å². The van der Waals surface area contributed by atoms with Crippen LogP contribution in [0.2, 0.25) is 5.02 Å². The maximum atomic E-state index is 14.3. The molecule has 0 heterocycles. The molecule has 0 unspecified atom stereocenters. The average Bonchev–Trinajstić information content (AvgIpc) is 3.22. The fraction of sp³-hybridized carbons (Fsp3) is 0.600. The summed E-state index contributed by atoms with van der Waals surface area (Å²) in [4.78, 5) is 0. The normalized spacial score (nSPS) is 23.9. The molecule has 1 fully saturated rings. The molecule has 9 heteroatoms. The van der Waals surface area contributed by atoms with Crippen LogP contribution in [0.3, 0.4) is 0 Å². The van der Waals surface area contributed by atoms with Crippen LogP contribution in [0.15, 0.2) is 12.1 Å². The highest BCUT2D eigenvalue weighted by molar-refractivity contribution is 7.90. The van der Waals surface area contributed by atoms with E-state index >= 15 is 0 Å². The first-order chi connectivity index (χ1) is 10.8. The molecule has 1 aromatic rings. The lowest BCUT2D eigenvalue weighted by atomic mass is 10.0. The molecule has 1 saturated carbocycles. The molecule has 1 aliphatic rings. The molecule has 24 heavy (non-hydrogen) atoms. The van der Waals surface area contributed by atoms with Gasteiger partial charge in [0.05, 0.1) is 12.0 Å². The monoisotopic (exact) mass is 389 g/mol. The van der Waals surface area contributed by atoms with Crippen LogP contribution in [0.4, 0.5) is 22.0 Å². The number of hydrogen-bond acceptors (Lipinski definition) is 2. The van der Waals surface area contributed by atoms with E-state index in [2.05, 4.69) is 4.72 Å². The van der Waals surface area contributed by atoms with Crippen LogP contribution in [0.1, 0.15) is 38.8 Å². The molecule has 0 bridgehead atoms. The highest BCUT2D eigenvalue weighted by Crippen LogP contribution is 2.56. The maximum absolute atomic E-state index is 14.3. The molecule has 1 aliphatic carbocycles. The van der Waals surface area contributed by atoms with Gasteiger partial charge >= 0.3 is 6.18 Å². The van der Waals surface area contributed by atoms with E-state index in [4.69, 9.17) is 11.6 Å². The van der Waals surface area contributed by atoms with E-state index < -0.39 is 56.8 Å². The second kappa shape index (κ2) is 6.63. The molecule has 1 N–H and O–H groups in total. The van der Waals surface area contributed by atoms with Gasteiger partial charge in [0.15, 0.2) is 0 Å². The molecule has 0 aliphatic heterocycles. The number of benzene rings is 1. The third-order valence-electron chi connectivity index (χ3n) is 3.88. The average molecular weight is 390 g/mol. The summed E-state index contributed by atoms with van der Waals surface area (Å²) in [6.07, 6.45) is -4.63. The predicted octanol–water partition coefficient (Wildman–Crippen LogP) is 4.91. The summed E-state index contributed by atoms with van der Waals surface area (Å²) in [6, 6.07) is 0.759. The third-order valence-corrected chi connectivity index (χ3v) is 5.81. The van der Waals surface area contributed by atoms with Crippen molar-refractivity contribution in [2.45, 2.75) is 44.2 Å². The van der Waals surface area contributed by atoms with E-state index in [1.165, 1.54) is 0 Å². The predicted molar refractivity (Wildman–Crippen MR) is 82.8 cm³/mol. The SMILES string of the molecule is CC(C)(C)[S@@+]([O-])N[C@@H](c1ccc(F)c(Cl)c1F)[C@@H]1C[C@H]1C(F)(F)F. The zero-order valence-electron chi connectivity index (χ0n) is 13.2. The number of rotatable bonds is 4. The van der Waals surface area contributed by atoms with E-state index in [0.29, 0.717) is 0 Å². The van der Waals surface area contributed by atoms with Crippen molar-refractivity contribution in [3.05, 3.63) is 34.4 Å². The van der Waals surface area contributed by atoms with Crippen molar-refractivity contribution in [1.29, 1.82) is 0 Å². The van der Waals surface area contributed by atoms with Crippen molar-refractivity contribution >= 4 is 23.0 Å². The Morgan fingerprint density at radius 1 is 1.25 bits per heavy atom. The first kappa shape index (κ1) is 19.8. The molecule has 0 amide bonds. The van der Waals surface area contributed by atoms with Crippen LogP contribution in [0, 0.1) is 23.5 Å². The van der Waals surface area contributed by atoms with Crippen LogP contribution in [-0.2, 0) is 11.4 Å². The van der Waals surface area contributed by atoms with Gasteiger partial charge in [0.1, 0.15) is 21.4 Å². The van der Waals surface area contributed by atoms with Crippen LogP contribution in [-0.4, -0.2) is 15.5 Å². The smallest absolute Gasteiger partial charge is 0.392 e. The minimum absolute atomic E-state index is 0.211. The summed E-state index contributed by atoms with van der Waals surface area (Å²) in [7, 11) is 0. The second-order valence-corrected chi connectivity index (χ2v) is 9.16. The van der Waals surface area contributed by atoms with Crippen LogP contribution < -0.4 is 4.72 Å². The molecule has 0 saturated heterocycles. The molecule has 1 aromatic carbocycles. The largest absolute Gasteiger partial charge is 0.598 e. The van der Waals surface area contributed by atoms with E-state index in [0.717, 1.165) is 12.1 Å². The summed E-state index contributed by atoms with van der Waals surface area (Å²) in [6.45, 7) is 4.90. The van der Waals surface area contributed by atoms with E-state index in [-0.39, 0.29) is 12.0 Å². The Kier molecular flexibility index (Phi) is 5.45. The van der Waals surface area contributed by atoms with E-state index in [1.807, 2.05) is 0 Å². The summed E-state index contributed by atoms with van der Waals surface area (Å²) >= 11 is 3.80. The fourth-order valence-electron chi connectivity index (χ4n) is 2.41. The van der Waals surface area contributed by atoms with Crippen molar-refractivity contribution in [3.8, 4) is 0 Å². The van der Waals surface area contributed by atoms with Crippen molar-refractivity contribution in [2.24, 2.45) is 11.8 Å². The Labute approximate surface area is 145 Å². The molecular formula is C15H17ClF5NOS. The molecule has 0 aromatic heterocycles. The van der Waals surface area contributed by atoms with Crippen LogP contribution in [0.5, 0.6) is 0 Å². The van der Waals surface area contributed by atoms with Gasteiger partial charge in [-0.15, -0.1) is 4.72 Å². The molecule has 0 radical (unpaired) electrons. The number of nitrogens with one attached hydrogen (secondary N) is 1. The lowest BCUT2D eigenvalue weighted by molar-refractivity contribution is -0.151. The Morgan fingerprint density at radius 3 is 2.29 bits per heavy atom. The van der Waals surface area contributed by atoms with Crippen LogP contribution in [0.25, 0.3) is 0 Å². The summed E-state index contributed by atoms with van der Waals surface area (Å²) in [5, 5.41) is -0.787. The molecule has 136 valence electrons. The summed E-state index contributed by atoms with van der Waals surface area (Å²) in [5.41, 5.74) is -0.212. The van der Waals surface area contributed by atoms with Crippen molar-refractivity contribution < 1.29 is 26.5 Å². The van der Waals surface area contributed by atoms with Gasteiger partial charge in [-0.05, 0) is 39.2 Å². The Bertz CT molecular complexity index is 619. The van der Waals surface area contributed by atoms with Gasteiger partial charge in [-0.2, -0.15) is 13.2 Å². The van der Waals surface area contributed by atoms with Gasteiger partial charge in [0, 0.05) is 16.9 Å². The molecule has 2 nitrogen and oxygen atoms in total. The van der Waals surface area contributed by atoms with Gasteiger partial charge in [-0.25, -0.2) is 8.78 Å². The maximum Gasteiger partial charge on any atom is 0.392 e. The first-order valence-electron chi connectivity index (χ1n) is 7.22. The standard InChI is InChI=1S/C15H17ClF5NOS/c1-14(2,3)24(23)22-13(8-6-9(8)15(19,20)21)7-4-5-10(17)11(16)12(7)18/h4-5,8-9,13,22H,6H2,1-3H3/t8-,9-,13+,24-/m1/s1. The van der Waals surface area contributed by atoms with Gasteiger partial charge in [-0.1, -0.05) is 17.7 Å². The van der Waals surface area contributed by atoms with Gasteiger partial charge in [0.2, 0.25) is 0 Å². The molecule has 4 atom stereocenters. The van der Waals surface area contributed by atoms with Crippen LogP contribution >= 0.6 is 11.6 Å². The molecule has 0 spiro atoms. The number of alkyl halides is 3. The number of hydrogen-bond donors (Lipinski definition) is 1. The Morgan fingerprint density at radius 2 is 1.83 bits per heavy atom. The van der Waals surface area contributed by atoms with Crippen molar-refractivity contribution in [2.75, 3.05) is 0 Å². The summed E-state index contributed by atoms with van der Waals surface area (Å²) < 4.78 is 80.4. The minimum Gasteiger partial charge on any atom is -0.598 e. The second-order valence-electron chi connectivity index (χ2n) is 6.79. The highest BCUT2D eigenvalue weighted by Gasteiger charge is 2.60. The minimum atomic E-state index is -4.42. The quantitative estimate of drug-likeness (QED) is 0.451. The zero-order valence-corrected chi connectivity index (χ0v) is 14.8. The highest BCUT2D eigenvalue weighted by atomic mass is 35.5. The number of halogens is 6. The first-order valence-corrected chi connectivity index (χ1v) is 8.75. The zero-order chi connectivity index (χ0) is 18.4. The van der Waals surface area contributed by atoms with E-state index in [9.17, 15) is 26.5 Å². The van der Waals surface area contributed by atoms with E-state index in [1.54, 1.807) is 20.8 Å². The van der Waals surface area contributed by atoms with Gasteiger partial charge in [0.25, 0.3) is 0 Å². The molecule has 2 rings (SSSR count). The summed E-state index contributed by atoms with van der Waals surface area (Å²) in [5.74, 6) is -4.73. The van der Waals surface area contributed by atoms with Gasteiger partial charge < -0.3 is 4.55 Å². The Balaban J connectivity index is 2.36. The lowest BCUT2D eigenvalue weighted by Crippen LogP contribution is -2.42. The topological polar surface area (TPSA) is 35.1 Å². The Hall–Kier alpha value is -0.570.